The summed E-state index contributed by atoms with van der Waals surface area (Å²) in [5.41, 5.74) is 13.4. The fraction of sp³-hybridized carbons (Fsp3) is 0. The lowest BCUT2D eigenvalue weighted by molar-refractivity contribution is 1.42. The van der Waals surface area contributed by atoms with E-state index >= 15 is 0 Å². The van der Waals surface area contributed by atoms with E-state index in [9.17, 15) is 0 Å². The maximum Gasteiger partial charge on any atom is 0.0356 e. The zero-order valence-corrected chi connectivity index (χ0v) is 17.9. The highest BCUT2D eigenvalue weighted by atomic mass is 32.2. The number of nitrogen functional groups attached to an aromatic ring is 2. The quantitative estimate of drug-likeness (QED) is 0.289. The molecule has 0 aliphatic carbocycles. The second kappa shape index (κ2) is 7.67. The summed E-state index contributed by atoms with van der Waals surface area (Å²) in [5, 5.41) is 2.60. The van der Waals surface area contributed by atoms with Crippen molar-refractivity contribution in [2.45, 2.75) is 19.6 Å². The molecular weight excluding hydrogens is 412 g/mol. The van der Waals surface area contributed by atoms with Crippen LogP contribution in [0.4, 0.5) is 11.4 Å². The first-order valence-corrected chi connectivity index (χ1v) is 11.6. The van der Waals surface area contributed by atoms with Gasteiger partial charge in [0.05, 0.1) is 0 Å². The maximum absolute atomic E-state index is 5.93. The minimum absolute atomic E-state index is 0.792. The largest absolute Gasteiger partial charge is 0.399 e. The number of fused-ring (bicyclic) bond motifs is 3. The van der Waals surface area contributed by atoms with E-state index in [0.717, 1.165) is 21.2 Å². The molecule has 4 N–H and O–H groups in total. The Morgan fingerprint density at radius 1 is 0.517 bits per heavy atom. The Morgan fingerprint density at radius 2 is 0.966 bits per heavy atom. The van der Waals surface area contributed by atoms with Crippen LogP contribution in [-0.4, -0.2) is 0 Å². The minimum Gasteiger partial charge on any atom is -0.399 e. The van der Waals surface area contributed by atoms with Gasteiger partial charge in [-0.25, -0.2) is 0 Å². The fourth-order valence-corrected chi connectivity index (χ4v) is 6.21. The first kappa shape index (κ1) is 18.4. The molecule has 1 aromatic heterocycles. The smallest absolute Gasteiger partial charge is 0.0356 e. The summed E-state index contributed by atoms with van der Waals surface area (Å²) in [5.74, 6) is 0. The Kier molecular flexibility index (Phi) is 4.87. The van der Waals surface area contributed by atoms with Gasteiger partial charge in [0.2, 0.25) is 0 Å². The van der Waals surface area contributed by atoms with Gasteiger partial charge in [0, 0.05) is 51.1 Å². The van der Waals surface area contributed by atoms with Gasteiger partial charge in [-0.1, -0.05) is 35.7 Å². The second-order valence-corrected chi connectivity index (χ2v) is 10.1. The summed E-state index contributed by atoms with van der Waals surface area (Å²) in [6, 6.07) is 29.4. The topological polar surface area (TPSA) is 52.0 Å². The first-order valence-electron chi connectivity index (χ1n) is 9.17. The molecule has 2 nitrogen and oxygen atoms in total. The molecule has 0 saturated heterocycles. The van der Waals surface area contributed by atoms with Gasteiger partial charge in [-0.05, 0) is 72.8 Å². The fourth-order valence-electron chi connectivity index (χ4n) is 3.29. The molecular formula is C24H18N2S3. The third-order valence-corrected chi connectivity index (χ3v) is 7.71. The van der Waals surface area contributed by atoms with Gasteiger partial charge in [0.15, 0.2) is 0 Å². The lowest BCUT2D eigenvalue weighted by Gasteiger charge is -2.04. The molecule has 0 bridgehead atoms. The molecule has 4 aromatic carbocycles. The van der Waals surface area contributed by atoms with Crippen molar-refractivity contribution in [2.24, 2.45) is 0 Å². The van der Waals surface area contributed by atoms with E-state index < -0.39 is 0 Å². The maximum atomic E-state index is 5.93. The average molecular weight is 431 g/mol. The number of benzene rings is 4. The van der Waals surface area contributed by atoms with Crippen molar-refractivity contribution < 1.29 is 0 Å². The lowest BCUT2D eigenvalue weighted by Crippen LogP contribution is -1.83. The number of hydrogen-bond acceptors (Lipinski definition) is 5. The van der Waals surface area contributed by atoms with Crippen LogP contribution < -0.4 is 11.5 Å². The molecule has 142 valence electrons. The number of hydrogen-bond donors (Lipinski definition) is 2. The third-order valence-electron chi connectivity index (χ3n) is 4.60. The van der Waals surface area contributed by atoms with E-state index in [2.05, 4.69) is 48.5 Å². The van der Waals surface area contributed by atoms with E-state index in [0.29, 0.717) is 0 Å². The summed E-state index contributed by atoms with van der Waals surface area (Å²) in [7, 11) is 0. The van der Waals surface area contributed by atoms with Gasteiger partial charge < -0.3 is 11.5 Å². The third kappa shape index (κ3) is 3.94. The molecule has 5 aromatic rings. The molecule has 0 radical (unpaired) electrons. The van der Waals surface area contributed by atoms with Gasteiger partial charge in [-0.15, -0.1) is 11.3 Å². The summed E-state index contributed by atoms with van der Waals surface area (Å²) in [4.78, 5) is 4.75. The zero-order valence-electron chi connectivity index (χ0n) is 15.5. The lowest BCUT2D eigenvalue weighted by atomic mass is 10.1. The summed E-state index contributed by atoms with van der Waals surface area (Å²) < 4.78 is 2.62. The van der Waals surface area contributed by atoms with Crippen molar-refractivity contribution in [1.82, 2.24) is 0 Å². The number of thiophene rings is 1. The van der Waals surface area contributed by atoms with Crippen molar-refractivity contribution in [2.75, 3.05) is 11.5 Å². The van der Waals surface area contributed by atoms with E-state index in [4.69, 9.17) is 11.5 Å². The Morgan fingerprint density at radius 3 is 1.41 bits per heavy atom. The molecule has 0 aliphatic rings. The molecule has 1 heterocycles. The monoisotopic (exact) mass is 430 g/mol. The molecule has 0 saturated carbocycles. The molecule has 0 unspecified atom stereocenters. The molecule has 0 atom stereocenters. The molecule has 5 rings (SSSR count). The van der Waals surface area contributed by atoms with Crippen LogP contribution >= 0.6 is 34.9 Å². The minimum atomic E-state index is 0.792. The van der Waals surface area contributed by atoms with Crippen LogP contribution in [0.5, 0.6) is 0 Å². The average Bonchev–Trinajstić information content (AvgIpc) is 3.06. The van der Waals surface area contributed by atoms with Crippen LogP contribution in [0.15, 0.2) is 105 Å². The Labute approximate surface area is 181 Å². The van der Waals surface area contributed by atoms with Crippen LogP contribution in [0.2, 0.25) is 0 Å². The van der Waals surface area contributed by atoms with Gasteiger partial charge >= 0.3 is 0 Å². The molecule has 0 aliphatic heterocycles. The van der Waals surface area contributed by atoms with Crippen molar-refractivity contribution in [3.8, 4) is 0 Å². The normalized spacial score (nSPS) is 11.3. The number of anilines is 2. The van der Waals surface area contributed by atoms with Gasteiger partial charge in [-0.3, -0.25) is 0 Å². The van der Waals surface area contributed by atoms with Crippen molar-refractivity contribution in [3.05, 3.63) is 84.9 Å². The highest BCUT2D eigenvalue weighted by molar-refractivity contribution is 7.99. The van der Waals surface area contributed by atoms with E-state index in [1.165, 1.54) is 30.0 Å². The predicted molar refractivity (Wildman–Crippen MR) is 129 cm³/mol. The molecule has 0 spiro atoms. The zero-order chi connectivity index (χ0) is 19.8. The number of nitrogens with two attached hydrogens (primary N) is 2. The molecule has 29 heavy (non-hydrogen) atoms. The summed E-state index contributed by atoms with van der Waals surface area (Å²) in [6.45, 7) is 0. The van der Waals surface area contributed by atoms with E-state index in [-0.39, 0.29) is 0 Å². The molecule has 0 amide bonds. The van der Waals surface area contributed by atoms with Crippen molar-refractivity contribution in [1.29, 1.82) is 0 Å². The van der Waals surface area contributed by atoms with Crippen LogP contribution in [0, 0.1) is 0 Å². The van der Waals surface area contributed by atoms with Crippen molar-refractivity contribution in [3.63, 3.8) is 0 Å². The Hall–Kier alpha value is -2.60. The highest BCUT2D eigenvalue weighted by Gasteiger charge is 2.09. The van der Waals surface area contributed by atoms with Gasteiger partial charge in [0.25, 0.3) is 0 Å². The standard InChI is InChI=1S/C24H18N2S3/c25-15-3-1-5-17(11-15)27-19-7-9-23-21(13-19)22-14-20(8-10-24(22)29-23)28-18-6-2-4-16(26)12-18/h1-14H,25-26H2. The van der Waals surface area contributed by atoms with Crippen molar-refractivity contribution >= 4 is 66.4 Å². The SMILES string of the molecule is Nc1cccc(Sc2ccc3sc4ccc(Sc5cccc(N)c5)cc4c3c2)c1. The van der Waals surface area contributed by atoms with Gasteiger partial charge in [0.1, 0.15) is 0 Å². The predicted octanol–water partition coefficient (Wildman–Crippen LogP) is 7.52. The first-order chi connectivity index (χ1) is 14.1. The van der Waals surface area contributed by atoms with E-state index in [1.807, 2.05) is 47.7 Å². The van der Waals surface area contributed by atoms with Crippen LogP contribution in [0.25, 0.3) is 20.2 Å². The number of rotatable bonds is 4. The van der Waals surface area contributed by atoms with E-state index in [1.54, 1.807) is 23.5 Å². The summed E-state index contributed by atoms with van der Waals surface area (Å²) in [6.07, 6.45) is 0. The highest BCUT2D eigenvalue weighted by Crippen LogP contribution is 2.40. The van der Waals surface area contributed by atoms with Crippen LogP contribution in [-0.2, 0) is 0 Å². The Balaban J connectivity index is 1.52. The molecule has 0 fully saturated rings. The second-order valence-electron chi connectivity index (χ2n) is 6.77. The summed E-state index contributed by atoms with van der Waals surface area (Å²) >= 11 is 5.32. The molecule has 5 heteroatoms. The van der Waals surface area contributed by atoms with Crippen LogP contribution in [0.3, 0.4) is 0 Å². The van der Waals surface area contributed by atoms with Gasteiger partial charge in [-0.2, -0.15) is 0 Å². The van der Waals surface area contributed by atoms with Crippen LogP contribution in [0.1, 0.15) is 0 Å². The Bertz CT molecular complexity index is 1240.